The predicted molar refractivity (Wildman–Crippen MR) is 61.3 cm³/mol. The molecule has 1 rings (SSSR count). The lowest BCUT2D eigenvalue weighted by molar-refractivity contribution is 0.0934. The molecule has 0 heterocycles. The standard InChI is InChI=1S/C12H15ClO2/c1-8(2)12(14)11-6-10(13)5-4-9(11)7-15-3/h4-6,8H,7H2,1-3H3. The van der Waals surface area contributed by atoms with Crippen LogP contribution in [-0.4, -0.2) is 12.9 Å². The molecule has 0 aliphatic heterocycles. The normalized spacial score (nSPS) is 10.7. The third-order valence-electron chi connectivity index (χ3n) is 2.16. The second-order valence-electron chi connectivity index (χ2n) is 3.75. The van der Waals surface area contributed by atoms with Gasteiger partial charge in [-0.3, -0.25) is 4.79 Å². The van der Waals surface area contributed by atoms with Gasteiger partial charge in [-0.25, -0.2) is 0 Å². The lowest BCUT2D eigenvalue weighted by Gasteiger charge is -2.10. The number of carbonyl (C=O) groups excluding carboxylic acids is 1. The Labute approximate surface area is 95.2 Å². The molecule has 82 valence electrons. The third-order valence-corrected chi connectivity index (χ3v) is 2.40. The molecule has 3 heteroatoms. The molecular weight excluding hydrogens is 212 g/mol. The zero-order chi connectivity index (χ0) is 11.4. The van der Waals surface area contributed by atoms with Crippen LogP contribution in [0.4, 0.5) is 0 Å². The number of Topliss-reactive ketones (excluding diaryl/α,β-unsaturated/α-hetero) is 1. The summed E-state index contributed by atoms with van der Waals surface area (Å²) in [6, 6.07) is 5.31. The van der Waals surface area contributed by atoms with Gasteiger partial charge in [-0.15, -0.1) is 0 Å². The van der Waals surface area contributed by atoms with Crippen LogP contribution < -0.4 is 0 Å². The van der Waals surface area contributed by atoms with E-state index in [-0.39, 0.29) is 11.7 Å². The first-order valence-corrected chi connectivity index (χ1v) is 5.25. The molecule has 1 aromatic rings. The summed E-state index contributed by atoms with van der Waals surface area (Å²) in [6.07, 6.45) is 0. The number of methoxy groups -OCH3 is 1. The van der Waals surface area contributed by atoms with Crippen LogP contribution in [0, 0.1) is 5.92 Å². The van der Waals surface area contributed by atoms with E-state index in [1.165, 1.54) is 0 Å². The molecular formula is C12H15ClO2. The van der Waals surface area contributed by atoms with Crippen LogP contribution in [-0.2, 0) is 11.3 Å². The molecule has 0 saturated carbocycles. The van der Waals surface area contributed by atoms with Gasteiger partial charge in [0.05, 0.1) is 6.61 Å². The van der Waals surface area contributed by atoms with Gasteiger partial charge >= 0.3 is 0 Å². The monoisotopic (exact) mass is 226 g/mol. The summed E-state index contributed by atoms with van der Waals surface area (Å²) in [6.45, 7) is 4.19. The largest absolute Gasteiger partial charge is 0.380 e. The minimum Gasteiger partial charge on any atom is -0.380 e. The molecule has 2 nitrogen and oxygen atoms in total. The molecule has 0 N–H and O–H groups in total. The summed E-state index contributed by atoms with van der Waals surface area (Å²) in [5.41, 5.74) is 1.56. The van der Waals surface area contributed by atoms with E-state index in [0.717, 1.165) is 5.56 Å². The zero-order valence-electron chi connectivity index (χ0n) is 9.21. The quantitative estimate of drug-likeness (QED) is 0.737. The Morgan fingerprint density at radius 3 is 2.67 bits per heavy atom. The first kappa shape index (κ1) is 12.2. The van der Waals surface area contributed by atoms with E-state index >= 15 is 0 Å². The number of ketones is 1. The van der Waals surface area contributed by atoms with E-state index < -0.39 is 0 Å². The van der Waals surface area contributed by atoms with Crippen LogP contribution in [0.3, 0.4) is 0 Å². The minimum atomic E-state index is -0.0286. The molecule has 0 bridgehead atoms. The van der Waals surface area contributed by atoms with Crippen molar-refractivity contribution < 1.29 is 9.53 Å². The lowest BCUT2D eigenvalue weighted by Crippen LogP contribution is -2.11. The van der Waals surface area contributed by atoms with Crippen LogP contribution in [0.1, 0.15) is 29.8 Å². The summed E-state index contributed by atoms with van der Waals surface area (Å²) in [7, 11) is 1.61. The molecule has 0 aromatic heterocycles. The highest BCUT2D eigenvalue weighted by molar-refractivity contribution is 6.31. The van der Waals surface area contributed by atoms with E-state index in [4.69, 9.17) is 16.3 Å². The van der Waals surface area contributed by atoms with Gasteiger partial charge < -0.3 is 4.74 Å². The Hall–Kier alpha value is -0.860. The van der Waals surface area contributed by atoms with Crippen molar-refractivity contribution in [3.8, 4) is 0 Å². The molecule has 0 spiro atoms. The molecule has 1 aromatic carbocycles. The van der Waals surface area contributed by atoms with Crippen molar-refractivity contribution in [1.29, 1.82) is 0 Å². The fourth-order valence-electron chi connectivity index (χ4n) is 1.37. The highest BCUT2D eigenvalue weighted by atomic mass is 35.5. The van der Waals surface area contributed by atoms with E-state index in [1.54, 1.807) is 19.2 Å². The molecule has 0 amide bonds. The maximum absolute atomic E-state index is 11.9. The van der Waals surface area contributed by atoms with Gasteiger partial charge in [-0.05, 0) is 17.7 Å². The summed E-state index contributed by atoms with van der Waals surface area (Å²) in [5, 5.41) is 0.582. The van der Waals surface area contributed by atoms with Crippen molar-refractivity contribution in [3.63, 3.8) is 0 Å². The van der Waals surface area contributed by atoms with Crippen molar-refractivity contribution in [1.82, 2.24) is 0 Å². The first-order valence-electron chi connectivity index (χ1n) is 4.87. The number of halogens is 1. The highest BCUT2D eigenvalue weighted by Crippen LogP contribution is 2.20. The molecule has 0 saturated heterocycles. The first-order chi connectivity index (χ1) is 7.06. The zero-order valence-corrected chi connectivity index (χ0v) is 9.97. The van der Waals surface area contributed by atoms with E-state index in [2.05, 4.69) is 0 Å². The molecule has 0 aliphatic rings. The maximum atomic E-state index is 11.9. The van der Waals surface area contributed by atoms with E-state index in [0.29, 0.717) is 17.2 Å². The van der Waals surface area contributed by atoms with Crippen LogP contribution in [0.5, 0.6) is 0 Å². The van der Waals surface area contributed by atoms with Gasteiger partial charge in [0, 0.05) is 23.6 Å². The minimum absolute atomic E-state index is 0.0286. The van der Waals surface area contributed by atoms with Crippen LogP contribution in [0.2, 0.25) is 5.02 Å². The molecule has 0 fully saturated rings. The fourth-order valence-corrected chi connectivity index (χ4v) is 1.54. The summed E-state index contributed by atoms with van der Waals surface area (Å²) in [4.78, 5) is 11.9. The van der Waals surface area contributed by atoms with Gasteiger partial charge in [0.2, 0.25) is 0 Å². The second kappa shape index (κ2) is 5.29. The van der Waals surface area contributed by atoms with Crippen LogP contribution in [0.15, 0.2) is 18.2 Å². The highest BCUT2D eigenvalue weighted by Gasteiger charge is 2.15. The number of ether oxygens (including phenoxy) is 1. The van der Waals surface area contributed by atoms with Gasteiger partial charge in [0.25, 0.3) is 0 Å². The second-order valence-corrected chi connectivity index (χ2v) is 4.19. The molecule has 0 unspecified atom stereocenters. The van der Waals surface area contributed by atoms with Crippen LogP contribution in [0.25, 0.3) is 0 Å². The Bertz CT molecular complexity index is 359. The Morgan fingerprint density at radius 1 is 1.47 bits per heavy atom. The number of rotatable bonds is 4. The number of benzene rings is 1. The van der Waals surface area contributed by atoms with Crippen molar-refractivity contribution >= 4 is 17.4 Å². The van der Waals surface area contributed by atoms with Gasteiger partial charge in [-0.2, -0.15) is 0 Å². The van der Waals surface area contributed by atoms with E-state index in [1.807, 2.05) is 19.9 Å². The summed E-state index contributed by atoms with van der Waals surface area (Å²) < 4.78 is 5.04. The average Bonchev–Trinajstić information content (AvgIpc) is 2.20. The van der Waals surface area contributed by atoms with Crippen LogP contribution >= 0.6 is 11.6 Å². The Balaban J connectivity index is 3.12. The molecule has 15 heavy (non-hydrogen) atoms. The predicted octanol–water partition coefficient (Wildman–Crippen LogP) is 3.33. The van der Waals surface area contributed by atoms with Crippen molar-refractivity contribution in [2.24, 2.45) is 5.92 Å². The average molecular weight is 227 g/mol. The Morgan fingerprint density at radius 2 is 2.13 bits per heavy atom. The SMILES string of the molecule is COCc1ccc(Cl)cc1C(=O)C(C)C. The van der Waals surface area contributed by atoms with Gasteiger partial charge in [-0.1, -0.05) is 31.5 Å². The number of hydrogen-bond acceptors (Lipinski definition) is 2. The van der Waals surface area contributed by atoms with Crippen molar-refractivity contribution in [3.05, 3.63) is 34.3 Å². The summed E-state index contributed by atoms with van der Waals surface area (Å²) in [5.74, 6) is 0.0728. The smallest absolute Gasteiger partial charge is 0.165 e. The number of hydrogen-bond donors (Lipinski definition) is 0. The topological polar surface area (TPSA) is 26.3 Å². The maximum Gasteiger partial charge on any atom is 0.165 e. The van der Waals surface area contributed by atoms with Gasteiger partial charge in [0.1, 0.15) is 0 Å². The summed E-state index contributed by atoms with van der Waals surface area (Å²) >= 11 is 5.87. The van der Waals surface area contributed by atoms with Crippen molar-refractivity contribution in [2.75, 3.05) is 7.11 Å². The third kappa shape index (κ3) is 3.05. The lowest BCUT2D eigenvalue weighted by atomic mass is 9.97. The van der Waals surface area contributed by atoms with Crippen molar-refractivity contribution in [2.45, 2.75) is 20.5 Å². The number of carbonyl (C=O) groups is 1. The molecule has 0 radical (unpaired) electrons. The van der Waals surface area contributed by atoms with E-state index in [9.17, 15) is 4.79 Å². The molecule has 0 atom stereocenters. The molecule has 0 aliphatic carbocycles. The van der Waals surface area contributed by atoms with Gasteiger partial charge in [0.15, 0.2) is 5.78 Å². The Kier molecular flexibility index (Phi) is 4.30. The fraction of sp³-hybridized carbons (Fsp3) is 0.417.